The van der Waals surface area contributed by atoms with E-state index in [2.05, 4.69) is 166 Å². The van der Waals surface area contributed by atoms with E-state index >= 15 is 0 Å². The number of hydrogen-bond donors (Lipinski definition) is 1. The number of allylic oxidation sites excluding steroid dienone is 23. The van der Waals surface area contributed by atoms with Crippen LogP contribution >= 0.6 is 0 Å². The summed E-state index contributed by atoms with van der Waals surface area (Å²) in [7, 11) is 0. The van der Waals surface area contributed by atoms with Crippen LogP contribution in [0.5, 0.6) is 0 Å². The fourth-order valence-corrected chi connectivity index (χ4v) is 4.53. The lowest BCUT2D eigenvalue weighted by molar-refractivity contribution is 0.0607. The van der Waals surface area contributed by atoms with Crippen molar-refractivity contribution < 1.29 is 5.11 Å². The standard InChI is InChI=1S/C40H56O/c1-31(2)17-13-20-34(5)23-15-25-35(6)24-14-21-32(3)18-11-12-19-33(4)22-16-26-36(7)27-29-38-37(8)28-30-39(41)40(38,9)10/h11-12,14-19,21-27,29,39,41H,13,20,28,30H2,1-10H3/b12-11+,21-14+,22-16+,25-15+,29-27+,32-18+,33-19+,34-23+,35-24+,36-26+. The van der Waals surface area contributed by atoms with Gasteiger partial charge in [0.2, 0.25) is 0 Å². The minimum atomic E-state index is -0.279. The van der Waals surface area contributed by atoms with E-state index in [1.807, 2.05) is 0 Å². The third kappa shape index (κ3) is 15.4. The quantitative estimate of drug-likeness (QED) is 0.178. The first-order valence-corrected chi connectivity index (χ1v) is 15.1. The van der Waals surface area contributed by atoms with Gasteiger partial charge in [-0.25, -0.2) is 0 Å². The van der Waals surface area contributed by atoms with E-state index in [9.17, 15) is 5.11 Å². The molecule has 41 heavy (non-hydrogen) atoms. The van der Waals surface area contributed by atoms with Gasteiger partial charge >= 0.3 is 0 Å². The van der Waals surface area contributed by atoms with Gasteiger partial charge in [-0.15, -0.1) is 0 Å². The van der Waals surface area contributed by atoms with Crippen LogP contribution in [-0.2, 0) is 0 Å². The molecule has 0 aromatic carbocycles. The summed E-state index contributed by atoms with van der Waals surface area (Å²) < 4.78 is 0. The number of rotatable bonds is 13. The van der Waals surface area contributed by atoms with Gasteiger partial charge in [0, 0.05) is 5.41 Å². The van der Waals surface area contributed by atoms with Gasteiger partial charge in [0.1, 0.15) is 0 Å². The number of aliphatic hydroxyl groups is 1. The Kier molecular flexibility index (Phi) is 16.7. The molecule has 1 N–H and O–H groups in total. The Balaban J connectivity index is 2.61. The smallest absolute Gasteiger partial charge is 0.0634 e. The molecule has 0 aliphatic heterocycles. The monoisotopic (exact) mass is 552 g/mol. The first-order valence-electron chi connectivity index (χ1n) is 15.1. The van der Waals surface area contributed by atoms with Crippen LogP contribution in [0.15, 0.2) is 142 Å². The maximum absolute atomic E-state index is 10.4. The van der Waals surface area contributed by atoms with Gasteiger partial charge in [-0.1, -0.05) is 150 Å². The van der Waals surface area contributed by atoms with E-state index in [4.69, 9.17) is 0 Å². The average Bonchev–Trinajstić information content (AvgIpc) is 2.88. The molecule has 0 spiro atoms. The molecule has 0 radical (unpaired) electrons. The molecule has 0 amide bonds. The minimum Gasteiger partial charge on any atom is -0.392 e. The molecular weight excluding hydrogens is 496 g/mol. The molecule has 0 heterocycles. The third-order valence-electron chi connectivity index (χ3n) is 7.39. The van der Waals surface area contributed by atoms with Crippen molar-refractivity contribution in [1.29, 1.82) is 0 Å². The fraction of sp³-hybridized carbons (Fsp3) is 0.400. The summed E-state index contributed by atoms with van der Waals surface area (Å²) >= 11 is 0. The zero-order valence-corrected chi connectivity index (χ0v) is 27.6. The second-order valence-corrected chi connectivity index (χ2v) is 12.2. The van der Waals surface area contributed by atoms with Crippen molar-refractivity contribution in [2.24, 2.45) is 5.41 Å². The van der Waals surface area contributed by atoms with Gasteiger partial charge in [0.05, 0.1) is 6.10 Å². The average molecular weight is 553 g/mol. The lowest BCUT2D eigenvalue weighted by Gasteiger charge is -2.37. The van der Waals surface area contributed by atoms with E-state index in [1.54, 1.807) is 0 Å². The second kappa shape index (κ2) is 19.1. The molecule has 0 saturated heterocycles. The Hall–Kier alpha value is -3.16. The first kappa shape index (κ1) is 35.9. The molecule has 1 rings (SSSR count). The summed E-state index contributed by atoms with van der Waals surface area (Å²) in [6, 6.07) is 0. The van der Waals surface area contributed by atoms with Gasteiger partial charge in [-0.2, -0.15) is 0 Å². The van der Waals surface area contributed by atoms with Gasteiger partial charge in [-0.3, -0.25) is 0 Å². The summed E-state index contributed by atoms with van der Waals surface area (Å²) in [4.78, 5) is 0. The van der Waals surface area contributed by atoms with Crippen molar-refractivity contribution in [3.05, 3.63) is 142 Å². The minimum absolute atomic E-state index is 0.196. The van der Waals surface area contributed by atoms with Gasteiger partial charge in [0.15, 0.2) is 0 Å². The van der Waals surface area contributed by atoms with Crippen LogP contribution in [-0.4, -0.2) is 11.2 Å². The SMILES string of the molecule is CC(C)=CCC/C(C)=C/C=C/C(C)=C/C=C/C(C)=C/C=C/C=C(C)/C=C/C=C(C)/C=C/C1=C(C)CCC(O)C1(C)C. The Morgan fingerprint density at radius 3 is 1.68 bits per heavy atom. The topological polar surface area (TPSA) is 20.2 Å². The summed E-state index contributed by atoms with van der Waals surface area (Å²) in [5, 5.41) is 10.4. The van der Waals surface area contributed by atoms with Crippen molar-refractivity contribution in [2.45, 2.75) is 101 Å². The van der Waals surface area contributed by atoms with E-state index < -0.39 is 0 Å². The normalized spacial score (nSPS) is 20.2. The summed E-state index contributed by atoms with van der Waals surface area (Å²) in [6.07, 6.45) is 38.0. The molecule has 0 bridgehead atoms. The van der Waals surface area contributed by atoms with E-state index in [1.165, 1.54) is 44.6 Å². The summed E-state index contributed by atoms with van der Waals surface area (Å²) in [5.41, 5.74) is 10.1. The molecule has 0 aromatic heterocycles. The van der Waals surface area contributed by atoms with Crippen molar-refractivity contribution in [1.82, 2.24) is 0 Å². The van der Waals surface area contributed by atoms with Crippen molar-refractivity contribution in [3.8, 4) is 0 Å². The van der Waals surface area contributed by atoms with Crippen LogP contribution in [0.4, 0.5) is 0 Å². The van der Waals surface area contributed by atoms with Crippen LogP contribution < -0.4 is 0 Å². The van der Waals surface area contributed by atoms with Crippen LogP contribution in [0, 0.1) is 5.41 Å². The molecule has 1 unspecified atom stereocenters. The highest BCUT2D eigenvalue weighted by molar-refractivity contribution is 5.38. The fourth-order valence-electron chi connectivity index (χ4n) is 4.53. The molecule has 0 fully saturated rings. The van der Waals surface area contributed by atoms with Gasteiger partial charge < -0.3 is 5.11 Å². The van der Waals surface area contributed by atoms with Gasteiger partial charge in [0.25, 0.3) is 0 Å². The largest absolute Gasteiger partial charge is 0.392 e. The Bertz CT molecular complexity index is 1220. The highest BCUT2D eigenvalue weighted by Crippen LogP contribution is 2.41. The van der Waals surface area contributed by atoms with E-state index in [-0.39, 0.29) is 11.5 Å². The molecule has 0 saturated carbocycles. The molecule has 1 aliphatic rings. The Labute approximate surface area is 252 Å². The highest BCUT2D eigenvalue weighted by Gasteiger charge is 2.34. The molecule has 1 atom stereocenters. The van der Waals surface area contributed by atoms with Crippen LogP contribution in [0.2, 0.25) is 0 Å². The number of hydrogen-bond acceptors (Lipinski definition) is 1. The van der Waals surface area contributed by atoms with Crippen LogP contribution in [0.25, 0.3) is 0 Å². The zero-order chi connectivity index (χ0) is 30.8. The lowest BCUT2D eigenvalue weighted by atomic mass is 9.70. The molecule has 1 heteroatoms. The third-order valence-corrected chi connectivity index (χ3v) is 7.39. The maximum Gasteiger partial charge on any atom is 0.0634 e. The van der Waals surface area contributed by atoms with Crippen molar-refractivity contribution in [2.75, 3.05) is 0 Å². The Morgan fingerprint density at radius 1 is 0.707 bits per heavy atom. The number of aliphatic hydroxyl groups excluding tert-OH is 1. The summed E-state index contributed by atoms with van der Waals surface area (Å²) in [5.74, 6) is 0. The van der Waals surface area contributed by atoms with E-state index in [0.717, 1.165) is 25.7 Å². The van der Waals surface area contributed by atoms with Crippen LogP contribution in [0.1, 0.15) is 94.9 Å². The van der Waals surface area contributed by atoms with E-state index in [0.29, 0.717) is 0 Å². The summed E-state index contributed by atoms with van der Waals surface area (Å²) in [6.45, 7) is 21.4. The second-order valence-electron chi connectivity index (χ2n) is 12.2. The molecule has 222 valence electrons. The predicted octanol–water partition coefficient (Wildman–Crippen LogP) is 11.7. The molecular formula is C40H56O. The predicted molar refractivity (Wildman–Crippen MR) is 185 cm³/mol. The highest BCUT2D eigenvalue weighted by atomic mass is 16.3. The molecule has 1 aliphatic carbocycles. The van der Waals surface area contributed by atoms with Crippen LogP contribution in [0.3, 0.4) is 0 Å². The Morgan fingerprint density at radius 2 is 1.17 bits per heavy atom. The first-order chi connectivity index (χ1) is 19.3. The molecule has 1 nitrogen and oxygen atoms in total. The van der Waals surface area contributed by atoms with Crippen molar-refractivity contribution in [3.63, 3.8) is 0 Å². The zero-order valence-electron chi connectivity index (χ0n) is 27.6. The lowest BCUT2D eigenvalue weighted by Crippen LogP contribution is -2.34. The molecule has 0 aromatic rings. The van der Waals surface area contributed by atoms with Crippen molar-refractivity contribution >= 4 is 0 Å². The van der Waals surface area contributed by atoms with Gasteiger partial charge in [-0.05, 0) is 86.6 Å². The maximum atomic E-state index is 10.4.